The molecule has 0 aliphatic carbocycles. The Balaban J connectivity index is 2.50. The van der Waals surface area contributed by atoms with Gasteiger partial charge in [0.05, 0.1) is 5.56 Å². The van der Waals surface area contributed by atoms with Crippen LogP contribution in [0.1, 0.15) is 43.0 Å². The zero-order valence-electron chi connectivity index (χ0n) is 11.7. The third-order valence-electron chi connectivity index (χ3n) is 3.07. The molecular weight excluding hydrogens is 252 g/mol. The summed E-state index contributed by atoms with van der Waals surface area (Å²) in [6.45, 7) is 5.65. The molecule has 0 radical (unpaired) electrons. The van der Waals surface area contributed by atoms with E-state index in [0.29, 0.717) is 11.1 Å². The molecule has 0 fully saturated rings. The zero-order chi connectivity index (χ0) is 14.9. The standard InChI is InChI=1S/C17H16O3/c1-10-4-11(2)6-13(5-10)16(18)14-7-12(3)8-15(9-14)17(19)20/h4-9H,1-3H3,(H,19,20). The van der Waals surface area contributed by atoms with Crippen molar-refractivity contribution in [3.8, 4) is 0 Å². The van der Waals surface area contributed by atoms with Crippen LogP contribution >= 0.6 is 0 Å². The Morgan fingerprint density at radius 2 is 1.10 bits per heavy atom. The number of aryl methyl sites for hydroxylation is 3. The molecule has 0 unspecified atom stereocenters. The lowest BCUT2D eigenvalue weighted by Gasteiger charge is -2.07. The van der Waals surface area contributed by atoms with Gasteiger partial charge in [0.15, 0.2) is 5.78 Å². The number of carbonyl (C=O) groups excluding carboxylic acids is 1. The van der Waals surface area contributed by atoms with Crippen LogP contribution in [-0.2, 0) is 0 Å². The number of aromatic carboxylic acids is 1. The lowest BCUT2D eigenvalue weighted by Crippen LogP contribution is -2.06. The summed E-state index contributed by atoms with van der Waals surface area (Å²) in [5.41, 5.74) is 3.92. The predicted octanol–water partition coefficient (Wildman–Crippen LogP) is 3.54. The third-order valence-corrected chi connectivity index (χ3v) is 3.07. The smallest absolute Gasteiger partial charge is 0.335 e. The molecule has 3 heteroatoms. The summed E-state index contributed by atoms with van der Waals surface area (Å²) in [7, 11) is 0. The van der Waals surface area contributed by atoms with Crippen molar-refractivity contribution in [3.63, 3.8) is 0 Å². The summed E-state index contributed by atoms with van der Waals surface area (Å²) < 4.78 is 0. The van der Waals surface area contributed by atoms with Gasteiger partial charge in [-0.1, -0.05) is 17.2 Å². The minimum atomic E-state index is -1.02. The molecule has 1 N–H and O–H groups in total. The van der Waals surface area contributed by atoms with Crippen LogP contribution in [0.3, 0.4) is 0 Å². The molecule has 0 spiro atoms. The second-order valence-corrected chi connectivity index (χ2v) is 5.10. The molecule has 20 heavy (non-hydrogen) atoms. The fourth-order valence-corrected chi connectivity index (χ4v) is 2.31. The molecule has 0 aromatic heterocycles. The average molecular weight is 268 g/mol. The minimum Gasteiger partial charge on any atom is -0.478 e. The van der Waals surface area contributed by atoms with Crippen molar-refractivity contribution in [3.05, 3.63) is 69.8 Å². The minimum absolute atomic E-state index is 0.137. The third kappa shape index (κ3) is 2.94. The Hall–Kier alpha value is -2.42. The predicted molar refractivity (Wildman–Crippen MR) is 77.5 cm³/mol. The maximum absolute atomic E-state index is 12.5. The Kier molecular flexibility index (Phi) is 3.70. The Labute approximate surface area is 117 Å². The van der Waals surface area contributed by atoms with Crippen LogP contribution in [0.2, 0.25) is 0 Å². The first kappa shape index (κ1) is 14.0. The van der Waals surface area contributed by atoms with Crippen molar-refractivity contribution >= 4 is 11.8 Å². The van der Waals surface area contributed by atoms with Gasteiger partial charge in [-0.25, -0.2) is 4.79 Å². The molecule has 0 aliphatic heterocycles. The summed E-state index contributed by atoms with van der Waals surface area (Å²) in [6, 6.07) is 10.3. The van der Waals surface area contributed by atoms with Gasteiger partial charge in [-0.15, -0.1) is 0 Å². The number of rotatable bonds is 3. The number of benzene rings is 2. The molecule has 0 aliphatic rings. The summed E-state index contributed by atoms with van der Waals surface area (Å²) in [5, 5.41) is 9.06. The van der Waals surface area contributed by atoms with Crippen LogP contribution in [0.25, 0.3) is 0 Å². The van der Waals surface area contributed by atoms with E-state index in [1.54, 1.807) is 19.1 Å². The topological polar surface area (TPSA) is 54.4 Å². The van der Waals surface area contributed by atoms with Crippen molar-refractivity contribution in [2.45, 2.75) is 20.8 Å². The van der Waals surface area contributed by atoms with Gasteiger partial charge in [-0.05, 0) is 56.7 Å². The molecule has 2 aromatic rings. The molecule has 0 saturated carbocycles. The summed E-state index contributed by atoms with van der Waals surface area (Å²) in [4.78, 5) is 23.5. The lowest BCUT2D eigenvalue weighted by molar-refractivity contribution is 0.0696. The van der Waals surface area contributed by atoms with E-state index in [2.05, 4.69) is 0 Å². The first-order valence-electron chi connectivity index (χ1n) is 6.35. The van der Waals surface area contributed by atoms with E-state index in [0.717, 1.165) is 16.7 Å². The summed E-state index contributed by atoms with van der Waals surface area (Å²) in [6.07, 6.45) is 0. The van der Waals surface area contributed by atoms with Crippen LogP contribution in [0.4, 0.5) is 0 Å². The second-order valence-electron chi connectivity index (χ2n) is 5.10. The highest BCUT2D eigenvalue weighted by Crippen LogP contribution is 2.17. The molecular formula is C17H16O3. The highest BCUT2D eigenvalue weighted by atomic mass is 16.4. The molecule has 0 heterocycles. The SMILES string of the molecule is Cc1cc(C)cc(C(=O)c2cc(C)cc(C(=O)O)c2)c1. The van der Waals surface area contributed by atoms with Crippen molar-refractivity contribution in [1.82, 2.24) is 0 Å². The number of carboxylic acid groups (broad SMARTS) is 1. The van der Waals surface area contributed by atoms with Crippen molar-refractivity contribution in [2.75, 3.05) is 0 Å². The van der Waals surface area contributed by atoms with Crippen molar-refractivity contribution < 1.29 is 14.7 Å². The molecule has 0 saturated heterocycles. The maximum Gasteiger partial charge on any atom is 0.335 e. The van der Waals surface area contributed by atoms with E-state index in [4.69, 9.17) is 5.11 Å². The first-order chi connectivity index (χ1) is 9.36. The van der Waals surface area contributed by atoms with E-state index in [1.165, 1.54) is 6.07 Å². The fourth-order valence-electron chi connectivity index (χ4n) is 2.31. The van der Waals surface area contributed by atoms with Gasteiger partial charge in [-0.3, -0.25) is 4.79 Å². The molecule has 2 rings (SSSR count). The van der Waals surface area contributed by atoms with E-state index in [9.17, 15) is 9.59 Å². The van der Waals surface area contributed by atoms with Crippen LogP contribution in [0.15, 0.2) is 36.4 Å². The van der Waals surface area contributed by atoms with Gasteiger partial charge < -0.3 is 5.11 Å². The van der Waals surface area contributed by atoms with Crippen LogP contribution in [-0.4, -0.2) is 16.9 Å². The first-order valence-corrected chi connectivity index (χ1v) is 6.35. The Morgan fingerprint density at radius 1 is 0.700 bits per heavy atom. The highest BCUT2D eigenvalue weighted by Gasteiger charge is 2.13. The molecule has 0 amide bonds. The number of carbonyl (C=O) groups is 2. The van der Waals surface area contributed by atoms with E-state index >= 15 is 0 Å². The van der Waals surface area contributed by atoms with Crippen LogP contribution < -0.4 is 0 Å². The molecule has 3 nitrogen and oxygen atoms in total. The van der Waals surface area contributed by atoms with Gasteiger partial charge in [0.25, 0.3) is 0 Å². The van der Waals surface area contributed by atoms with E-state index < -0.39 is 5.97 Å². The van der Waals surface area contributed by atoms with Gasteiger partial charge in [-0.2, -0.15) is 0 Å². The number of carboxylic acids is 1. The normalized spacial score (nSPS) is 10.3. The largest absolute Gasteiger partial charge is 0.478 e. The van der Waals surface area contributed by atoms with E-state index in [1.807, 2.05) is 32.0 Å². The van der Waals surface area contributed by atoms with Crippen LogP contribution in [0.5, 0.6) is 0 Å². The Bertz CT molecular complexity index is 679. The monoisotopic (exact) mass is 268 g/mol. The maximum atomic E-state index is 12.5. The number of hydrogen-bond acceptors (Lipinski definition) is 2. The van der Waals surface area contributed by atoms with Crippen LogP contribution in [0, 0.1) is 20.8 Å². The van der Waals surface area contributed by atoms with Gasteiger partial charge in [0, 0.05) is 11.1 Å². The zero-order valence-corrected chi connectivity index (χ0v) is 11.7. The molecule has 2 aromatic carbocycles. The highest BCUT2D eigenvalue weighted by molar-refractivity contribution is 6.10. The fraction of sp³-hybridized carbons (Fsp3) is 0.176. The summed E-state index contributed by atoms with van der Waals surface area (Å²) in [5.74, 6) is -1.17. The number of ketones is 1. The van der Waals surface area contributed by atoms with Gasteiger partial charge in [0.2, 0.25) is 0 Å². The Morgan fingerprint density at radius 3 is 1.60 bits per heavy atom. The van der Waals surface area contributed by atoms with Gasteiger partial charge in [0.1, 0.15) is 0 Å². The molecule has 102 valence electrons. The summed E-state index contributed by atoms with van der Waals surface area (Å²) >= 11 is 0. The van der Waals surface area contributed by atoms with Gasteiger partial charge >= 0.3 is 5.97 Å². The average Bonchev–Trinajstić information content (AvgIpc) is 2.35. The molecule has 0 bridgehead atoms. The molecule has 0 atom stereocenters. The lowest BCUT2D eigenvalue weighted by atomic mass is 9.97. The van der Waals surface area contributed by atoms with E-state index in [-0.39, 0.29) is 11.3 Å². The van der Waals surface area contributed by atoms with Crippen molar-refractivity contribution in [2.24, 2.45) is 0 Å². The van der Waals surface area contributed by atoms with Crippen molar-refractivity contribution in [1.29, 1.82) is 0 Å². The number of hydrogen-bond donors (Lipinski definition) is 1. The second kappa shape index (κ2) is 5.29. The quantitative estimate of drug-likeness (QED) is 0.866.